The fraction of sp³-hybridized carbons (Fsp3) is 0.500. The number of hydrogen-bond acceptors (Lipinski definition) is 2. The van der Waals surface area contributed by atoms with E-state index in [1.165, 1.54) is 5.56 Å². The summed E-state index contributed by atoms with van der Waals surface area (Å²) in [4.78, 5) is 0. The van der Waals surface area contributed by atoms with Crippen molar-refractivity contribution in [3.63, 3.8) is 0 Å². The van der Waals surface area contributed by atoms with Crippen LogP contribution in [0.1, 0.15) is 31.9 Å². The van der Waals surface area contributed by atoms with Gasteiger partial charge in [-0.2, -0.15) is 0 Å². The van der Waals surface area contributed by atoms with Gasteiger partial charge < -0.3 is 10.1 Å². The molecule has 0 fully saturated rings. The van der Waals surface area contributed by atoms with Crippen LogP contribution in [0, 0.1) is 0 Å². The van der Waals surface area contributed by atoms with Crippen LogP contribution in [0.4, 0.5) is 0 Å². The number of rotatable bonds is 5. The molecular weight excluding hydrogens is 254 g/mol. The first-order valence-electron chi connectivity index (χ1n) is 5.32. The second-order valence-electron chi connectivity index (χ2n) is 3.37. The third-order valence-corrected chi connectivity index (χ3v) is 3.10. The summed E-state index contributed by atoms with van der Waals surface area (Å²) in [6.45, 7) is 4.86. The molecule has 0 aliphatic heterocycles. The lowest BCUT2D eigenvalue weighted by Crippen LogP contribution is -2.15. The molecule has 0 aliphatic carbocycles. The maximum Gasteiger partial charge on any atom is 0.120 e. The van der Waals surface area contributed by atoms with Gasteiger partial charge in [0.15, 0.2) is 0 Å². The predicted octanol–water partition coefficient (Wildman–Crippen LogP) is 3.52. The smallest absolute Gasteiger partial charge is 0.120 e. The largest absolute Gasteiger partial charge is 0.494 e. The SMILES string of the molecule is CCOc1ccc(C(CC)NC)c(Br)c1. The molecule has 2 nitrogen and oxygen atoms in total. The van der Waals surface area contributed by atoms with E-state index in [1.807, 2.05) is 26.1 Å². The maximum atomic E-state index is 5.44. The second-order valence-corrected chi connectivity index (χ2v) is 4.22. The van der Waals surface area contributed by atoms with Gasteiger partial charge in [-0.3, -0.25) is 0 Å². The summed E-state index contributed by atoms with van der Waals surface area (Å²) in [6.07, 6.45) is 1.07. The third-order valence-electron chi connectivity index (χ3n) is 2.42. The Morgan fingerprint density at radius 1 is 1.40 bits per heavy atom. The van der Waals surface area contributed by atoms with Gasteiger partial charge in [0, 0.05) is 10.5 Å². The number of hydrogen-bond donors (Lipinski definition) is 1. The van der Waals surface area contributed by atoms with Crippen LogP contribution in [-0.2, 0) is 0 Å². The van der Waals surface area contributed by atoms with Crippen LogP contribution in [0.3, 0.4) is 0 Å². The fourth-order valence-corrected chi connectivity index (χ4v) is 2.26. The first-order chi connectivity index (χ1) is 7.22. The summed E-state index contributed by atoms with van der Waals surface area (Å²) in [6, 6.07) is 6.55. The summed E-state index contributed by atoms with van der Waals surface area (Å²) in [5.41, 5.74) is 1.28. The van der Waals surface area contributed by atoms with Gasteiger partial charge in [0.1, 0.15) is 5.75 Å². The Morgan fingerprint density at radius 2 is 2.13 bits per heavy atom. The average Bonchev–Trinajstić information content (AvgIpc) is 2.23. The highest BCUT2D eigenvalue weighted by atomic mass is 79.9. The summed E-state index contributed by atoms with van der Waals surface area (Å²) >= 11 is 3.58. The number of nitrogens with one attached hydrogen (secondary N) is 1. The van der Waals surface area contributed by atoms with Crippen molar-refractivity contribution >= 4 is 15.9 Å². The molecule has 1 unspecified atom stereocenters. The molecule has 1 aromatic rings. The van der Waals surface area contributed by atoms with Crippen LogP contribution in [0.5, 0.6) is 5.75 Å². The molecule has 0 heterocycles. The first kappa shape index (κ1) is 12.5. The molecular formula is C12H18BrNO. The van der Waals surface area contributed by atoms with Gasteiger partial charge in [-0.25, -0.2) is 0 Å². The molecule has 3 heteroatoms. The summed E-state index contributed by atoms with van der Waals surface area (Å²) in [5.74, 6) is 0.916. The molecule has 1 rings (SSSR count). The van der Waals surface area contributed by atoms with Gasteiger partial charge in [0.25, 0.3) is 0 Å². The van der Waals surface area contributed by atoms with E-state index in [4.69, 9.17) is 4.74 Å². The summed E-state index contributed by atoms with van der Waals surface area (Å²) in [5, 5.41) is 3.29. The van der Waals surface area contributed by atoms with E-state index in [9.17, 15) is 0 Å². The molecule has 0 aliphatic rings. The molecule has 1 N–H and O–H groups in total. The van der Waals surface area contributed by atoms with Crippen LogP contribution in [-0.4, -0.2) is 13.7 Å². The van der Waals surface area contributed by atoms with Crippen molar-refractivity contribution in [1.82, 2.24) is 5.32 Å². The Hall–Kier alpha value is -0.540. The van der Waals surface area contributed by atoms with E-state index < -0.39 is 0 Å². The van der Waals surface area contributed by atoms with Gasteiger partial charge in [-0.05, 0) is 38.1 Å². The summed E-state index contributed by atoms with van der Waals surface area (Å²) in [7, 11) is 1.98. The number of halogens is 1. The van der Waals surface area contributed by atoms with E-state index in [0.717, 1.165) is 16.6 Å². The highest BCUT2D eigenvalue weighted by Gasteiger charge is 2.10. The highest BCUT2D eigenvalue weighted by Crippen LogP contribution is 2.29. The van der Waals surface area contributed by atoms with E-state index in [2.05, 4.69) is 34.2 Å². The molecule has 0 spiro atoms. The summed E-state index contributed by atoms with van der Waals surface area (Å²) < 4.78 is 6.54. The molecule has 0 saturated heterocycles. The minimum atomic E-state index is 0.398. The monoisotopic (exact) mass is 271 g/mol. The Bertz CT molecular complexity index is 310. The van der Waals surface area contributed by atoms with Crippen LogP contribution in [0.15, 0.2) is 22.7 Å². The van der Waals surface area contributed by atoms with Crippen molar-refractivity contribution in [2.45, 2.75) is 26.3 Å². The zero-order valence-corrected chi connectivity index (χ0v) is 11.1. The van der Waals surface area contributed by atoms with Gasteiger partial charge in [-0.15, -0.1) is 0 Å². The Labute approximate surface area is 100 Å². The van der Waals surface area contributed by atoms with Crippen molar-refractivity contribution in [1.29, 1.82) is 0 Å². The lowest BCUT2D eigenvalue weighted by atomic mass is 10.0. The minimum absolute atomic E-state index is 0.398. The molecule has 0 aromatic heterocycles. The van der Waals surface area contributed by atoms with Crippen LogP contribution in [0.2, 0.25) is 0 Å². The fourth-order valence-electron chi connectivity index (χ4n) is 1.63. The van der Waals surface area contributed by atoms with Crippen molar-refractivity contribution in [2.24, 2.45) is 0 Å². The van der Waals surface area contributed by atoms with Crippen molar-refractivity contribution in [3.8, 4) is 5.75 Å². The first-order valence-corrected chi connectivity index (χ1v) is 6.11. The van der Waals surface area contributed by atoms with Crippen LogP contribution >= 0.6 is 15.9 Å². The second kappa shape index (κ2) is 6.13. The normalized spacial score (nSPS) is 12.5. The molecule has 1 atom stereocenters. The third kappa shape index (κ3) is 3.21. The van der Waals surface area contributed by atoms with E-state index >= 15 is 0 Å². The zero-order valence-electron chi connectivity index (χ0n) is 9.51. The van der Waals surface area contributed by atoms with Crippen LogP contribution in [0.25, 0.3) is 0 Å². The minimum Gasteiger partial charge on any atom is -0.494 e. The predicted molar refractivity (Wildman–Crippen MR) is 67.4 cm³/mol. The molecule has 0 bridgehead atoms. The Morgan fingerprint density at radius 3 is 2.60 bits per heavy atom. The quantitative estimate of drug-likeness (QED) is 0.885. The van der Waals surface area contributed by atoms with Crippen molar-refractivity contribution in [2.75, 3.05) is 13.7 Å². The lowest BCUT2D eigenvalue weighted by Gasteiger charge is -2.16. The van der Waals surface area contributed by atoms with E-state index in [1.54, 1.807) is 0 Å². The van der Waals surface area contributed by atoms with Crippen molar-refractivity contribution < 1.29 is 4.74 Å². The van der Waals surface area contributed by atoms with Gasteiger partial charge >= 0.3 is 0 Å². The molecule has 0 saturated carbocycles. The molecule has 0 amide bonds. The average molecular weight is 272 g/mol. The van der Waals surface area contributed by atoms with Gasteiger partial charge in [-0.1, -0.05) is 28.9 Å². The van der Waals surface area contributed by atoms with Gasteiger partial charge in [0.2, 0.25) is 0 Å². The maximum absolute atomic E-state index is 5.44. The Kier molecular flexibility index (Phi) is 5.12. The molecule has 84 valence electrons. The van der Waals surface area contributed by atoms with Crippen LogP contribution < -0.4 is 10.1 Å². The molecule has 0 radical (unpaired) electrons. The Balaban J connectivity index is 2.91. The number of benzene rings is 1. The van der Waals surface area contributed by atoms with Gasteiger partial charge in [0.05, 0.1) is 6.61 Å². The molecule has 15 heavy (non-hydrogen) atoms. The molecule has 1 aromatic carbocycles. The number of ether oxygens (including phenoxy) is 1. The van der Waals surface area contributed by atoms with E-state index in [-0.39, 0.29) is 0 Å². The van der Waals surface area contributed by atoms with E-state index in [0.29, 0.717) is 12.6 Å². The van der Waals surface area contributed by atoms with Crippen molar-refractivity contribution in [3.05, 3.63) is 28.2 Å². The topological polar surface area (TPSA) is 21.3 Å². The lowest BCUT2D eigenvalue weighted by molar-refractivity contribution is 0.340. The highest BCUT2D eigenvalue weighted by molar-refractivity contribution is 9.10. The standard InChI is InChI=1S/C12H18BrNO/c1-4-12(14-3)10-7-6-9(15-5-2)8-11(10)13/h6-8,12,14H,4-5H2,1-3H3. The zero-order chi connectivity index (χ0) is 11.3.